The SMILES string of the molecule is COc1ccccc1NC(=O)c1ccc(N2C(=O)[C@@H]3[C@@H](C2=O)[C@H]2C=C[C@@H]3C2)cc1. The lowest BCUT2D eigenvalue weighted by atomic mass is 9.85. The van der Waals surface area contributed by atoms with Gasteiger partial charge in [0.1, 0.15) is 5.75 Å². The molecular formula is C23H20N2O4. The molecule has 6 nitrogen and oxygen atoms in total. The van der Waals surface area contributed by atoms with Crippen LogP contribution in [0.25, 0.3) is 0 Å². The number of hydrogen-bond acceptors (Lipinski definition) is 4. The van der Waals surface area contributed by atoms with Crippen molar-refractivity contribution in [1.29, 1.82) is 0 Å². The van der Waals surface area contributed by atoms with Crippen LogP contribution in [0.15, 0.2) is 60.7 Å². The molecule has 0 radical (unpaired) electrons. The summed E-state index contributed by atoms with van der Waals surface area (Å²) < 4.78 is 5.25. The molecule has 1 aliphatic heterocycles. The Morgan fingerprint density at radius 1 is 0.966 bits per heavy atom. The summed E-state index contributed by atoms with van der Waals surface area (Å²) in [6.07, 6.45) is 5.06. The number of ether oxygens (including phenoxy) is 1. The Morgan fingerprint density at radius 2 is 1.59 bits per heavy atom. The molecular weight excluding hydrogens is 368 g/mol. The molecule has 29 heavy (non-hydrogen) atoms. The normalized spacial score (nSPS) is 26.7. The molecule has 1 N–H and O–H groups in total. The third-order valence-electron chi connectivity index (χ3n) is 6.21. The van der Waals surface area contributed by atoms with E-state index in [0.29, 0.717) is 22.7 Å². The second-order valence-corrected chi connectivity index (χ2v) is 7.71. The van der Waals surface area contributed by atoms with E-state index >= 15 is 0 Å². The highest BCUT2D eigenvalue weighted by Gasteiger charge is 2.59. The fraction of sp³-hybridized carbons (Fsp3) is 0.261. The summed E-state index contributed by atoms with van der Waals surface area (Å²) in [5.74, 6) is -0.0716. The molecule has 1 saturated heterocycles. The predicted octanol–water partition coefficient (Wildman–Crippen LogP) is 3.26. The molecule has 2 aliphatic carbocycles. The number of fused-ring (bicyclic) bond motifs is 5. The number of nitrogens with zero attached hydrogens (tertiary/aromatic N) is 1. The van der Waals surface area contributed by atoms with E-state index in [1.54, 1.807) is 43.5 Å². The highest BCUT2D eigenvalue weighted by molar-refractivity contribution is 6.23. The number of imide groups is 1. The second kappa shape index (κ2) is 6.58. The van der Waals surface area contributed by atoms with Crippen molar-refractivity contribution in [2.75, 3.05) is 17.3 Å². The number of carbonyl (C=O) groups is 3. The molecule has 0 unspecified atom stereocenters. The van der Waals surface area contributed by atoms with Gasteiger partial charge in [-0.15, -0.1) is 0 Å². The lowest BCUT2D eigenvalue weighted by Gasteiger charge is -2.17. The molecule has 146 valence electrons. The van der Waals surface area contributed by atoms with Crippen LogP contribution in [0, 0.1) is 23.7 Å². The fourth-order valence-electron chi connectivity index (χ4n) is 4.86. The molecule has 2 bridgehead atoms. The number of carbonyl (C=O) groups excluding carboxylic acids is 3. The summed E-state index contributed by atoms with van der Waals surface area (Å²) in [7, 11) is 1.54. The minimum absolute atomic E-state index is 0.122. The van der Waals surface area contributed by atoms with Gasteiger partial charge in [-0.05, 0) is 54.7 Å². The first kappa shape index (κ1) is 17.7. The Labute approximate surface area is 168 Å². The van der Waals surface area contributed by atoms with Gasteiger partial charge < -0.3 is 10.1 Å². The maximum atomic E-state index is 12.9. The lowest BCUT2D eigenvalue weighted by Crippen LogP contribution is -2.32. The van der Waals surface area contributed by atoms with Crippen molar-refractivity contribution in [3.8, 4) is 5.75 Å². The summed E-state index contributed by atoms with van der Waals surface area (Å²) in [5, 5.41) is 2.82. The van der Waals surface area contributed by atoms with Gasteiger partial charge in [-0.25, -0.2) is 0 Å². The Bertz CT molecular complexity index is 1010. The number of benzene rings is 2. The average Bonchev–Trinajstić information content (AvgIpc) is 3.42. The zero-order valence-electron chi connectivity index (χ0n) is 15.9. The Hall–Kier alpha value is -3.41. The standard InChI is InChI=1S/C23H20N2O4/c1-29-18-5-3-2-4-17(18)24-21(26)13-8-10-16(11-9-13)25-22(27)19-14-6-7-15(12-14)20(19)23(25)28/h2-11,14-15,19-20H,12H2,1H3,(H,24,26)/t14-,15+,19-,20-/m0/s1. The predicted molar refractivity (Wildman–Crippen MR) is 108 cm³/mol. The second-order valence-electron chi connectivity index (χ2n) is 7.71. The third-order valence-corrected chi connectivity index (χ3v) is 6.21. The van der Waals surface area contributed by atoms with Crippen molar-refractivity contribution in [2.45, 2.75) is 6.42 Å². The third kappa shape index (κ3) is 2.67. The van der Waals surface area contributed by atoms with Gasteiger partial charge in [-0.2, -0.15) is 0 Å². The highest BCUT2D eigenvalue weighted by atomic mass is 16.5. The van der Waals surface area contributed by atoms with Crippen LogP contribution in [0.2, 0.25) is 0 Å². The number of methoxy groups -OCH3 is 1. The van der Waals surface area contributed by atoms with Gasteiger partial charge in [0.05, 0.1) is 30.3 Å². The number of rotatable bonds is 4. The van der Waals surface area contributed by atoms with Gasteiger partial charge in [0.2, 0.25) is 11.8 Å². The van der Waals surface area contributed by atoms with E-state index in [0.717, 1.165) is 6.42 Å². The van der Waals surface area contributed by atoms with Crippen LogP contribution in [0.1, 0.15) is 16.8 Å². The molecule has 5 rings (SSSR count). The van der Waals surface area contributed by atoms with Gasteiger partial charge in [-0.1, -0.05) is 24.3 Å². The Kier molecular flexibility index (Phi) is 4.01. The van der Waals surface area contributed by atoms with Gasteiger partial charge in [0.25, 0.3) is 5.91 Å². The van der Waals surface area contributed by atoms with E-state index in [9.17, 15) is 14.4 Å². The van der Waals surface area contributed by atoms with Crippen molar-refractivity contribution < 1.29 is 19.1 Å². The molecule has 6 heteroatoms. The van der Waals surface area contributed by atoms with E-state index < -0.39 is 0 Å². The quantitative estimate of drug-likeness (QED) is 0.644. The summed E-state index contributed by atoms with van der Waals surface area (Å²) in [6, 6.07) is 13.7. The zero-order valence-corrected chi connectivity index (χ0v) is 15.9. The van der Waals surface area contributed by atoms with Gasteiger partial charge >= 0.3 is 0 Å². The number of nitrogens with one attached hydrogen (secondary N) is 1. The number of hydrogen-bond donors (Lipinski definition) is 1. The molecule has 2 fully saturated rings. The van der Waals surface area contributed by atoms with Crippen molar-refractivity contribution in [3.05, 3.63) is 66.2 Å². The van der Waals surface area contributed by atoms with Crippen molar-refractivity contribution in [2.24, 2.45) is 23.7 Å². The monoisotopic (exact) mass is 388 g/mol. The molecule has 3 amide bonds. The molecule has 3 aliphatic rings. The van der Waals surface area contributed by atoms with Crippen LogP contribution >= 0.6 is 0 Å². The van der Waals surface area contributed by atoms with Crippen LogP contribution in [-0.4, -0.2) is 24.8 Å². The zero-order chi connectivity index (χ0) is 20.1. The van der Waals surface area contributed by atoms with Gasteiger partial charge in [-0.3, -0.25) is 19.3 Å². The van der Waals surface area contributed by atoms with E-state index in [4.69, 9.17) is 4.74 Å². The molecule has 1 saturated carbocycles. The smallest absolute Gasteiger partial charge is 0.255 e. The van der Waals surface area contributed by atoms with Gasteiger partial charge in [0.15, 0.2) is 0 Å². The van der Waals surface area contributed by atoms with Gasteiger partial charge in [0, 0.05) is 5.56 Å². The van der Waals surface area contributed by atoms with Crippen LogP contribution in [0.4, 0.5) is 11.4 Å². The summed E-state index contributed by atoms with van der Waals surface area (Å²) >= 11 is 0. The molecule has 2 aromatic carbocycles. The van der Waals surface area contributed by atoms with Crippen LogP contribution < -0.4 is 15.0 Å². The Balaban J connectivity index is 1.35. The van der Waals surface area contributed by atoms with E-state index in [1.165, 1.54) is 4.90 Å². The summed E-state index contributed by atoms with van der Waals surface area (Å²) in [6.45, 7) is 0. The largest absolute Gasteiger partial charge is 0.495 e. The summed E-state index contributed by atoms with van der Waals surface area (Å²) in [4.78, 5) is 39.7. The average molecular weight is 388 g/mol. The van der Waals surface area contributed by atoms with E-state index in [-0.39, 0.29) is 41.4 Å². The number of anilines is 2. The van der Waals surface area contributed by atoms with Crippen molar-refractivity contribution >= 4 is 29.1 Å². The number of amides is 3. The first-order valence-corrected chi connectivity index (χ1v) is 9.69. The first-order valence-electron chi connectivity index (χ1n) is 9.69. The molecule has 0 spiro atoms. The maximum Gasteiger partial charge on any atom is 0.255 e. The molecule has 0 aromatic heterocycles. The van der Waals surface area contributed by atoms with Crippen LogP contribution in [-0.2, 0) is 9.59 Å². The van der Waals surface area contributed by atoms with Crippen LogP contribution in [0.5, 0.6) is 5.75 Å². The minimum atomic E-state index is -0.292. The molecule has 1 heterocycles. The summed E-state index contributed by atoms with van der Waals surface area (Å²) in [5.41, 5.74) is 1.52. The lowest BCUT2D eigenvalue weighted by molar-refractivity contribution is -0.123. The number of allylic oxidation sites excluding steroid dienone is 2. The molecule has 2 aromatic rings. The Morgan fingerprint density at radius 3 is 2.21 bits per heavy atom. The molecule has 4 atom stereocenters. The van der Waals surface area contributed by atoms with Crippen molar-refractivity contribution in [1.82, 2.24) is 0 Å². The van der Waals surface area contributed by atoms with E-state index in [1.807, 2.05) is 12.1 Å². The topological polar surface area (TPSA) is 75.7 Å². The fourth-order valence-corrected chi connectivity index (χ4v) is 4.86. The van der Waals surface area contributed by atoms with E-state index in [2.05, 4.69) is 17.5 Å². The minimum Gasteiger partial charge on any atom is -0.495 e. The maximum absolute atomic E-state index is 12.9. The van der Waals surface area contributed by atoms with Crippen LogP contribution in [0.3, 0.4) is 0 Å². The highest BCUT2D eigenvalue weighted by Crippen LogP contribution is 2.53. The van der Waals surface area contributed by atoms with Crippen molar-refractivity contribution in [3.63, 3.8) is 0 Å². The first-order chi connectivity index (χ1) is 14.1. The number of para-hydroxylation sites is 2.